The van der Waals surface area contributed by atoms with Crippen LogP contribution in [0.4, 0.5) is 0 Å². The number of ether oxygens (including phenoxy) is 3. The van der Waals surface area contributed by atoms with Crippen LogP contribution >= 0.6 is 0 Å². The maximum atomic E-state index is 12.2. The minimum atomic E-state index is -1.09. The summed E-state index contributed by atoms with van der Waals surface area (Å²) in [6.07, 6.45) is -1.42. The van der Waals surface area contributed by atoms with E-state index in [0.29, 0.717) is 22.3 Å². The largest absolute Gasteiger partial charge is 0.481 e. The van der Waals surface area contributed by atoms with Crippen LogP contribution in [0.5, 0.6) is 5.75 Å². The van der Waals surface area contributed by atoms with Gasteiger partial charge in [-0.25, -0.2) is 4.79 Å². The highest BCUT2D eigenvalue weighted by molar-refractivity contribution is 5.84. The highest BCUT2D eigenvalue weighted by Gasteiger charge is 2.50. The number of carbonyl (C=O) groups is 2. The van der Waals surface area contributed by atoms with E-state index < -0.39 is 29.4 Å². The first-order chi connectivity index (χ1) is 13.1. The Morgan fingerprint density at radius 3 is 2.50 bits per heavy atom. The summed E-state index contributed by atoms with van der Waals surface area (Å²) in [7, 11) is 0. The van der Waals surface area contributed by atoms with E-state index in [-0.39, 0.29) is 18.3 Å². The van der Waals surface area contributed by atoms with Crippen molar-refractivity contribution in [1.82, 2.24) is 0 Å². The molecular weight excluding hydrogens is 364 g/mol. The summed E-state index contributed by atoms with van der Waals surface area (Å²) in [6, 6.07) is 6.43. The van der Waals surface area contributed by atoms with Gasteiger partial charge in [-0.15, -0.1) is 0 Å². The van der Waals surface area contributed by atoms with Gasteiger partial charge in [0.15, 0.2) is 12.2 Å². The number of benzene rings is 1. The third-order valence-corrected chi connectivity index (χ3v) is 4.53. The lowest BCUT2D eigenvalue weighted by Gasteiger charge is -2.33. The van der Waals surface area contributed by atoms with Gasteiger partial charge in [0.1, 0.15) is 16.9 Å². The molecular formula is C21H24O7. The molecule has 0 spiro atoms. The second-order valence-corrected chi connectivity index (χ2v) is 7.89. The minimum Gasteiger partial charge on any atom is -0.481 e. The second-order valence-electron chi connectivity index (χ2n) is 7.89. The van der Waals surface area contributed by atoms with Crippen molar-refractivity contribution in [3.63, 3.8) is 0 Å². The molecule has 0 bridgehead atoms. The van der Waals surface area contributed by atoms with Crippen LogP contribution in [0.1, 0.15) is 52.7 Å². The normalized spacial score (nSPS) is 18.6. The first-order valence-electron chi connectivity index (χ1n) is 9.21. The molecule has 150 valence electrons. The van der Waals surface area contributed by atoms with Gasteiger partial charge in [0.2, 0.25) is 0 Å². The van der Waals surface area contributed by atoms with Crippen LogP contribution in [0.2, 0.25) is 0 Å². The molecule has 1 aliphatic heterocycles. The van der Waals surface area contributed by atoms with Gasteiger partial charge in [-0.1, -0.05) is 13.8 Å². The Kier molecular flexibility index (Phi) is 5.19. The van der Waals surface area contributed by atoms with E-state index in [9.17, 15) is 14.4 Å². The lowest BCUT2D eigenvalue weighted by Crippen LogP contribution is -2.46. The number of carbonyl (C=O) groups excluding carboxylic acids is 2. The molecule has 2 aromatic rings. The maximum absolute atomic E-state index is 12.2. The second kappa shape index (κ2) is 7.30. The molecule has 0 aliphatic carbocycles. The van der Waals surface area contributed by atoms with E-state index >= 15 is 0 Å². The van der Waals surface area contributed by atoms with Gasteiger partial charge in [0.05, 0.1) is 5.56 Å². The molecule has 1 aliphatic rings. The fraction of sp³-hybridized carbons (Fsp3) is 0.476. The summed E-state index contributed by atoms with van der Waals surface area (Å²) >= 11 is 0. The van der Waals surface area contributed by atoms with Crippen LogP contribution < -0.4 is 10.4 Å². The Hall–Kier alpha value is -2.83. The summed E-state index contributed by atoms with van der Waals surface area (Å²) in [5, 5.41) is 0.675. The van der Waals surface area contributed by atoms with Crippen molar-refractivity contribution in [3.05, 3.63) is 40.2 Å². The molecule has 0 radical (unpaired) electrons. The summed E-state index contributed by atoms with van der Waals surface area (Å²) in [5.41, 5.74) is -0.855. The van der Waals surface area contributed by atoms with Gasteiger partial charge in [0.25, 0.3) is 0 Å². The molecule has 2 atom stereocenters. The third-order valence-electron chi connectivity index (χ3n) is 4.53. The molecule has 1 aromatic carbocycles. The van der Waals surface area contributed by atoms with Crippen LogP contribution in [0.15, 0.2) is 33.5 Å². The number of hydrogen-bond donors (Lipinski definition) is 0. The van der Waals surface area contributed by atoms with Gasteiger partial charge in [-0.2, -0.15) is 0 Å². The summed E-state index contributed by atoms with van der Waals surface area (Å²) in [6.45, 7) is 8.54. The predicted molar refractivity (Wildman–Crippen MR) is 101 cm³/mol. The monoisotopic (exact) mass is 388 g/mol. The van der Waals surface area contributed by atoms with Crippen molar-refractivity contribution in [3.8, 4) is 5.75 Å². The summed E-state index contributed by atoms with van der Waals surface area (Å²) in [4.78, 5) is 35.8. The molecule has 0 saturated carbocycles. The zero-order valence-electron chi connectivity index (χ0n) is 16.6. The molecule has 3 rings (SSSR count). The molecule has 28 heavy (non-hydrogen) atoms. The molecule has 0 amide bonds. The van der Waals surface area contributed by atoms with Crippen LogP contribution in [-0.2, 0) is 19.1 Å². The molecule has 2 heterocycles. The zero-order chi connectivity index (χ0) is 20.6. The van der Waals surface area contributed by atoms with Crippen LogP contribution in [0.25, 0.3) is 11.0 Å². The Labute approximate surface area is 162 Å². The predicted octanol–water partition coefficient (Wildman–Crippen LogP) is 3.53. The van der Waals surface area contributed by atoms with Crippen molar-refractivity contribution in [2.24, 2.45) is 5.92 Å². The topological polar surface area (TPSA) is 92.0 Å². The van der Waals surface area contributed by atoms with Crippen molar-refractivity contribution < 1.29 is 28.2 Å². The molecule has 7 nitrogen and oxygen atoms in total. The van der Waals surface area contributed by atoms with E-state index in [2.05, 4.69) is 0 Å². The van der Waals surface area contributed by atoms with Crippen molar-refractivity contribution in [2.75, 3.05) is 0 Å². The standard InChI is InChI=1S/C21H24O7/c1-11(2)10-16(24)28-21(4,5)20-19(25-12(3)22)17-14(26-20)8-6-13-7-9-15(23)27-18(13)17/h6-9,11,19-20H,10H2,1-5H3/t19-,20+/m0/s1. The van der Waals surface area contributed by atoms with E-state index in [4.69, 9.17) is 18.6 Å². The van der Waals surface area contributed by atoms with Crippen molar-refractivity contribution in [2.45, 2.75) is 58.8 Å². The van der Waals surface area contributed by atoms with Gasteiger partial charge >= 0.3 is 17.6 Å². The number of esters is 2. The summed E-state index contributed by atoms with van der Waals surface area (Å²) < 4.78 is 22.6. The highest BCUT2D eigenvalue weighted by atomic mass is 16.6. The average molecular weight is 388 g/mol. The van der Waals surface area contributed by atoms with E-state index in [1.54, 1.807) is 32.0 Å². The van der Waals surface area contributed by atoms with Gasteiger partial charge in [0, 0.05) is 24.8 Å². The third kappa shape index (κ3) is 3.88. The average Bonchev–Trinajstić information content (AvgIpc) is 2.92. The lowest BCUT2D eigenvalue weighted by atomic mass is 9.93. The lowest BCUT2D eigenvalue weighted by molar-refractivity contribution is -0.177. The van der Waals surface area contributed by atoms with Crippen molar-refractivity contribution >= 4 is 22.9 Å². The Morgan fingerprint density at radius 2 is 1.86 bits per heavy atom. The fourth-order valence-corrected chi connectivity index (χ4v) is 3.39. The molecule has 0 fully saturated rings. The smallest absolute Gasteiger partial charge is 0.336 e. The van der Waals surface area contributed by atoms with Gasteiger partial charge in [-0.3, -0.25) is 9.59 Å². The fourth-order valence-electron chi connectivity index (χ4n) is 3.39. The Bertz CT molecular complexity index is 970. The van der Waals surface area contributed by atoms with E-state index in [0.717, 1.165) is 0 Å². The van der Waals surface area contributed by atoms with Crippen LogP contribution in [0.3, 0.4) is 0 Å². The Morgan fingerprint density at radius 1 is 1.18 bits per heavy atom. The SMILES string of the molecule is CC(=O)O[C@H]1c2c(ccc3ccc(=O)oc23)O[C@H]1C(C)(C)OC(=O)CC(C)C. The van der Waals surface area contributed by atoms with Crippen LogP contribution in [0, 0.1) is 5.92 Å². The zero-order valence-corrected chi connectivity index (χ0v) is 16.6. The summed E-state index contributed by atoms with van der Waals surface area (Å²) in [5.74, 6) is -0.317. The quantitative estimate of drug-likeness (QED) is 0.571. The molecule has 1 aromatic heterocycles. The highest BCUT2D eigenvalue weighted by Crippen LogP contribution is 2.47. The van der Waals surface area contributed by atoms with Gasteiger partial charge < -0.3 is 18.6 Å². The molecule has 0 N–H and O–H groups in total. The van der Waals surface area contributed by atoms with E-state index in [1.165, 1.54) is 13.0 Å². The number of hydrogen-bond acceptors (Lipinski definition) is 7. The van der Waals surface area contributed by atoms with Crippen molar-refractivity contribution in [1.29, 1.82) is 0 Å². The number of fused-ring (bicyclic) bond motifs is 3. The minimum absolute atomic E-state index is 0.146. The van der Waals surface area contributed by atoms with Crippen LogP contribution in [-0.4, -0.2) is 23.6 Å². The Balaban J connectivity index is 2.04. The number of rotatable bonds is 5. The maximum Gasteiger partial charge on any atom is 0.336 e. The first-order valence-corrected chi connectivity index (χ1v) is 9.21. The molecule has 0 saturated heterocycles. The van der Waals surface area contributed by atoms with Gasteiger partial charge in [-0.05, 0) is 38.0 Å². The first kappa shape index (κ1) is 19.9. The molecule has 0 unspecified atom stereocenters. The van der Waals surface area contributed by atoms with E-state index in [1.807, 2.05) is 13.8 Å². The molecule has 7 heteroatoms.